The number of ether oxygens (including phenoxy) is 1. The van der Waals surface area contributed by atoms with Crippen molar-refractivity contribution in [1.82, 2.24) is 0 Å². The third kappa shape index (κ3) is 15.3. The first-order chi connectivity index (χ1) is 8.13. The van der Waals surface area contributed by atoms with Gasteiger partial charge in [-0.1, -0.05) is 40.5 Å². The minimum Gasteiger partial charge on any atom is -0.473 e. The first kappa shape index (κ1) is 16.3. The Morgan fingerprint density at radius 1 is 0.765 bits per heavy atom. The van der Waals surface area contributed by atoms with E-state index in [-0.39, 0.29) is 0 Å². The highest BCUT2D eigenvalue weighted by molar-refractivity contribution is 4.80. The predicted octanol–water partition coefficient (Wildman–Crippen LogP) is 5.68. The lowest BCUT2D eigenvalue weighted by Crippen LogP contribution is -1.85. The Morgan fingerprint density at radius 2 is 1.18 bits per heavy atom. The van der Waals surface area contributed by atoms with Crippen LogP contribution in [0.25, 0.3) is 0 Å². The molecule has 100 valence electrons. The molecule has 0 aliphatic carbocycles. The Kier molecular flexibility index (Phi) is 11.3. The Morgan fingerprint density at radius 3 is 1.53 bits per heavy atom. The van der Waals surface area contributed by atoms with Crippen LogP contribution in [0.5, 0.6) is 0 Å². The quantitative estimate of drug-likeness (QED) is 0.351. The topological polar surface area (TPSA) is 9.23 Å². The summed E-state index contributed by atoms with van der Waals surface area (Å²) >= 11 is 0. The second-order valence-corrected chi connectivity index (χ2v) is 5.53. The molecule has 0 unspecified atom stereocenters. The molecule has 0 saturated carbocycles. The molecule has 0 aromatic rings. The van der Waals surface area contributed by atoms with Crippen molar-refractivity contribution in [3.8, 4) is 0 Å². The fourth-order valence-electron chi connectivity index (χ4n) is 1.58. The van der Waals surface area contributed by atoms with E-state index >= 15 is 0 Å². The summed E-state index contributed by atoms with van der Waals surface area (Å²) in [5, 5.41) is 0. The van der Waals surface area contributed by atoms with Gasteiger partial charge in [0.2, 0.25) is 0 Å². The van der Waals surface area contributed by atoms with E-state index in [0.717, 1.165) is 24.7 Å². The summed E-state index contributed by atoms with van der Waals surface area (Å²) in [6.07, 6.45) is 15.2. The van der Waals surface area contributed by atoms with Gasteiger partial charge in [0.1, 0.15) is 0 Å². The summed E-state index contributed by atoms with van der Waals surface area (Å²) < 4.78 is 5.29. The maximum absolute atomic E-state index is 5.29. The number of allylic oxidation sites excluding steroid dienone is 2. The van der Waals surface area contributed by atoms with Crippen LogP contribution in [-0.2, 0) is 4.74 Å². The first-order valence-corrected chi connectivity index (χ1v) is 7.08. The van der Waals surface area contributed by atoms with E-state index in [1.165, 1.54) is 25.7 Å². The average molecular weight is 238 g/mol. The van der Waals surface area contributed by atoms with Crippen LogP contribution in [0, 0.1) is 11.8 Å². The average Bonchev–Trinajstić information content (AvgIpc) is 2.25. The SMILES string of the molecule is CC(C)CCCC=COC=CCCCC(C)C. The lowest BCUT2D eigenvalue weighted by Gasteiger charge is -2.01. The van der Waals surface area contributed by atoms with Gasteiger partial charge < -0.3 is 4.74 Å². The third-order valence-corrected chi connectivity index (χ3v) is 2.65. The molecule has 0 atom stereocenters. The van der Waals surface area contributed by atoms with Crippen molar-refractivity contribution in [2.45, 2.75) is 66.2 Å². The van der Waals surface area contributed by atoms with Crippen LogP contribution in [0.15, 0.2) is 24.7 Å². The zero-order chi connectivity index (χ0) is 12.9. The first-order valence-electron chi connectivity index (χ1n) is 7.08. The van der Waals surface area contributed by atoms with Crippen LogP contribution in [0.1, 0.15) is 66.2 Å². The van der Waals surface area contributed by atoms with Crippen LogP contribution in [0.2, 0.25) is 0 Å². The Bertz CT molecular complexity index is 180. The molecule has 0 aliphatic rings. The van der Waals surface area contributed by atoms with E-state index in [4.69, 9.17) is 4.74 Å². The van der Waals surface area contributed by atoms with E-state index < -0.39 is 0 Å². The molecule has 17 heavy (non-hydrogen) atoms. The lowest BCUT2D eigenvalue weighted by atomic mass is 10.1. The molecule has 0 N–H and O–H groups in total. The zero-order valence-electron chi connectivity index (χ0n) is 12.1. The van der Waals surface area contributed by atoms with Gasteiger partial charge in [-0.3, -0.25) is 0 Å². The maximum atomic E-state index is 5.29. The van der Waals surface area contributed by atoms with Crippen molar-refractivity contribution >= 4 is 0 Å². The fraction of sp³-hybridized carbons (Fsp3) is 0.750. The molecule has 0 aromatic heterocycles. The lowest BCUT2D eigenvalue weighted by molar-refractivity contribution is 0.397. The molecule has 0 heterocycles. The summed E-state index contributed by atoms with van der Waals surface area (Å²) in [7, 11) is 0. The number of hydrogen-bond donors (Lipinski definition) is 0. The van der Waals surface area contributed by atoms with Crippen molar-refractivity contribution in [2.75, 3.05) is 0 Å². The van der Waals surface area contributed by atoms with Crippen LogP contribution in [0.4, 0.5) is 0 Å². The van der Waals surface area contributed by atoms with Gasteiger partial charge in [0.25, 0.3) is 0 Å². The van der Waals surface area contributed by atoms with Crippen molar-refractivity contribution in [1.29, 1.82) is 0 Å². The van der Waals surface area contributed by atoms with E-state index in [9.17, 15) is 0 Å². The highest BCUT2D eigenvalue weighted by atomic mass is 16.5. The van der Waals surface area contributed by atoms with Gasteiger partial charge in [0.05, 0.1) is 12.5 Å². The van der Waals surface area contributed by atoms with Crippen molar-refractivity contribution in [3.63, 3.8) is 0 Å². The van der Waals surface area contributed by atoms with Gasteiger partial charge in [0, 0.05) is 0 Å². The van der Waals surface area contributed by atoms with E-state index in [0.29, 0.717) is 0 Å². The fourth-order valence-corrected chi connectivity index (χ4v) is 1.58. The van der Waals surface area contributed by atoms with E-state index in [1.54, 1.807) is 12.5 Å². The maximum Gasteiger partial charge on any atom is 0.0861 e. The molecular formula is C16H30O. The molecule has 0 aromatic carbocycles. The van der Waals surface area contributed by atoms with Gasteiger partial charge in [-0.15, -0.1) is 0 Å². The molecule has 0 spiro atoms. The number of hydrogen-bond acceptors (Lipinski definition) is 1. The van der Waals surface area contributed by atoms with Crippen LogP contribution >= 0.6 is 0 Å². The third-order valence-electron chi connectivity index (χ3n) is 2.65. The molecule has 0 bridgehead atoms. The summed E-state index contributed by atoms with van der Waals surface area (Å²) in [6, 6.07) is 0. The van der Waals surface area contributed by atoms with Crippen LogP contribution in [-0.4, -0.2) is 0 Å². The van der Waals surface area contributed by atoms with Crippen LogP contribution in [0.3, 0.4) is 0 Å². The number of rotatable bonds is 10. The van der Waals surface area contributed by atoms with Crippen molar-refractivity contribution in [3.05, 3.63) is 24.7 Å². The van der Waals surface area contributed by atoms with E-state index in [1.807, 2.05) is 0 Å². The van der Waals surface area contributed by atoms with Gasteiger partial charge in [-0.2, -0.15) is 0 Å². The second kappa shape index (κ2) is 11.8. The van der Waals surface area contributed by atoms with Crippen molar-refractivity contribution < 1.29 is 4.74 Å². The standard InChI is InChI=1S/C16H30O/c1-15(2)11-7-5-9-13-17-14-10-6-8-12-16(3)4/h9-10,13-16H,5-8,11-12H2,1-4H3. The predicted molar refractivity (Wildman–Crippen MR) is 76.7 cm³/mol. The van der Waals surface area contributed by atoms with Crippen molar-refractivity contribution in [2.24, 2.45) is 11.8 Å². The molecule has 0 fully saturated rings. The molecule has 0 saturated heterocycles. The minimum atomic E-state index is 0.810. The van der Waals surface area contributed by atoms with Gasteiger partial charge >= 0.3 is 0 Å². The number of unbranched alkanes of at least 4 members (excludes halogenated alkanes) is 2. The highest BCUT2D eigenvalue weighted by Gasteiger charge is 1.91. The molecule has 0 aliphatic heterocycles. The normalized spacial score (nSPS) is 12.4. The summed E-state index contributed by atoms with van der Waals surface area (Å²) in [5.41, 5.74) is 0. The van der Waals surface area contributed by atoms with Gasteiger partial charge in [-0.25, -0.2) is 0 Å². The largest absolute Gasteiger partial charge is 0.473 e. The second-order valence-electron chi connectivity index (χ2n) is 5.53. The summed E-state index contributed by atoms with van der Waals surface area (Å²) in [4.78, 5) is 0. The minimum absolute atomic E-state index is 0.810. The summed E-state index contributed by atoms with van der Waals surface area (Å²) in [6.45, 7) is 9.06. The summed E-state index contributed by atoms with van der Waals surface area (Å²) in [5.74, 6) is 1.62. The molecular weight excluding hydrogens is 208 g/mol. The Hall–Kier alpha value is -0.720. The molecule has 0 rings (SSSR count). The van der Waals surface area contributed by atoms with Gasteiger partial charge in [0.15, 0.2) is 0 Å². The van der Waals surface area contributed by atoms with E-state index in [2.05, 4.69) is 39.8 Å². The van der Waals surface area contributed by atoms with Gasteiger partial charge in [-0.05, 0) is 49.7 Å². The monoisotopic (exact) mass is 238 g/mol. The molecule has 1 heteroatoms. The highest BCUT2D eigenvalue weighted by Crippen LogP contribution is 2.07. The molecule has 1 nitrogen and oxygen atoms in total. The molecule has 0 radical (unpaired) electrons. The molecule has 0 amide bonds. The zero-order valence-corrected chi connectivity index (χ0v) is 12.1. The Balaban J connectivity index is 3.25. The Labute approximate surface area is 108 Å². The van der Waals surface area contributed by atoms with Crippen LogP contribution < -0.4 is 0 Å². The smallest absolute Gasteiger partial charge is 0.0861 e.